The number of fused-ring (bicyclic) bond motifs is 1. The standard InChI is InChI=1S/C24H24ClN3O2S/c1-15(27-28-24(30)22-21(25)19-9-5-6-10-20(19)31-22)16-11-13-18(14-12-16)26-23(29)17-7-3-2-4-8-17/h5-6,9-14,17H,2-4,7-8H2,1H3,(H,26,29)(H,28,30). The molecule has 0 saturated heterocycles. The first kappa shape index (κ1) is 21.5. The van der Waals surface area contributed by atoms with Crippen molar-refractivity contribution in [1.82, 2.24) is 5.43 Å². The highest BCUT2D eigenvalue weighted by molar-refractivity contribution is 7.21. The lowest BCUT2D eigenvalue weighted by Crippen LogP contribution is -2.24. The van der Waals surface area contributed by atoms with Gasteiger partial charge in [-0.05, 0) is 43.5 Å². The largest absolute Gasteiger partial charge is 0.326 e. The van der Waals surface area contributed by atoms with Gasteiger partial charge < -0.3 is 5.32 Å². The molecule has 0 spiro atoms. The molecule has 1 aliphatic rings. The number of amides is 2. The van der Waals surface area contributed by atoms with Gasteiger partial charge in [0.1, 0.15) is 4.88 Å². The van der Waals surface area contributed by atoms with Crippen LogP contribution in [0.25, 0.3) is 10.1 Å². The van der Waals surface area contributed by atoms with Crippen LogP contribution in [0.1, 0.15) is 54.3 Å². The molecule has 4 rings (SSSR count). The number of benzene rings is 2. The Morgan fingerprint density at radius 1 is 1.03 bits per heavy atom. The molecule has 0 radical (unpaired) electrons. The fourth-order valence-electron chi connectivity index (χ4n) is 3.81. The molecule has 2 aromatic carbocycles. The van der Waals surface area contributed by atoms with Gasteiger partial charge in [0, 0.05) is 21.7 Å². The summed E-state index contributed by atoms with van der Waals surface area (Å²) in [5.41, 5.74) is 4.89. The summed E-state index contributed by atoms with van der Waals surface area (Å²) in [6.45, 7) is 1.82. The van der Waals surface area contributed by atoms with Crippen molar-refractivity contribution in [3.8, 4) is 0 Å². The molecule has 3 aromatic rings. The van der Waals surface area contributed by atoms with Gasteiger partial charge in [-0.3, -0.25) is 9.59 Å². The fourth-order valence-corrected chi connectivity index (χ4v) is 5.22. The number of hydrogen-bond donors (Lipinski definition) is 2. The first-order chi connectivity index (χ1) is 15.0. The summed E-state index contributed by atoms with van der Waals surface area (Å²) in [4.78, 5) is 25.4. The number of anilines is 1. The molecule has 5 nitrogen and oxygen atoms in total. The van der Waals surface area contributed by atoms with Gasteiger partial charge in [-0.1, -0.05) is 61.2 Å². The maximum absolute atomic E-state index is 12.6. The van der Waals surface area contributed by atoms with E-state index in [2.05, 4.69) is 15.8 Å². The zero-order valence-corrected chi connectivity index (χ0v) is 18.9. The highest BCUT2D eigenvalue weighted by atomic mass is 35.5. The third kappa shape index (κ3) is 4.97. The molecule has 1 fully saturated rings. The molecule has 1 aliphatic carbocycles. The van der Waals surface area contributed by atoms with Crippen molar-refractivity contribution < 1.29 is 9.59 Å². The number of carbonyl (C=O) groups excluding carboxylic acids is 2. The molecule has 1 saturated carbocycles. The molecule has 1 aromatic heterocycles. The average molecular weight is 454 g/mol. The average Bonchev–Trinajstić information content (AvgIpc) is 3.15. The van der Waals surface area contributed by atoms with Crippen LogP contribution in [0, 0.1) is 5.92 Å². The zero-order chi connectivity index (χ0) is 21.8. The molecular weight excluding hydrogens is 430 g/mol. The number of nitrogens with one attached hydrogen (secondary N) is 2. The Morgan fingerprint density at radius 3 is 2.45 bits per heavy atom. The van der Waals surface area contributed by atoms with Crippen LogP contribution >= 0.6 is 22.9 Å². The second kappa shape index (κ2) is 9.62. The summed E-state index contributed by atoms with van der Waals surface area (Å²) in [6, 6.07) is 15.1. The molecular formula is C24H24ClN3O2S. The molecule has 0 unspecified atom stereocenters. The summed E-state index contributed by atoms with van der Waals surface area (Å²) >= 11 is 7.71. The lowest BCUT2D eigenvalue weighted by atomic mass is 9.88. The maximum atomic E-state index is 12.6. The van der Waals surface area contributed by atoms with Crippen molar-refractivity contribution in [1.29, 1.82) is 0 Å². The minimum absolute atomic E-state index is 0.102. The van der Waals surface area contributed by atoms with Gasteiger partial charge in [0.15, 0.2) is 0 Å². The van der Waals surface area contributed by atoms with Crippen molar-refractivity contribution in [3.05, 3.63) is 64.0 Å². The summed E-state index contributed by atoms with van der Waals surface area (Å²) in [5, 5.41) is 8.55. The van der Waals surface area contributed by atoms with Gasteiger partial charge in [-0.25, -0.2) is 5.43 Å². The van der Waals surface area contributed by atoms with Crippen molar-refractivity contribution in [2.24, 2.45) is 11.0 Å². The van der Waals surface area contributed by atoms with E-state index >= 15 is 0 Å². The van der Waals surface area contributed by atoms with Crippen LogP contribution in [0.5, 0.6) is 0 Å². The number of rotatable bonds is 5. The first-order valence-corrected chi connectivity index (χ1v) is 11.7. The van der Waals surface area contributed by atoms with Crippen LogP contribution in [-0.2, 0) is 4.79 Å². The van der Waals surface area contributed by atoms with E-state index in [-0.39, 0.29) is 17.7 Å². The van der Waals surface area contributed by atoms with Crippen molar-refractivity contribution in [2.45, 2.75) is 39.0 Å². The second-order valence-electron chi connectivity index (χ2n) is 7.78. The Labute approximate surface area is 190 Å². The van der Waals surface area contributed by atoms with E-state index in [0.29, 0.717) is 15.6 Å². The number of nitrogens with zero attached hydrogens (tertiary/aromatic N) is 1. The smallest absolute Gasteiger partial charge is 0.283 e. The van der Waals surface area contributed by atoms with E-state index in [1.807, 2.05) is 55.5 Å². The lowest BCUT2D eigenvalue weighted by molar-refractivity contribution is -0.120. The fraction of sp³-hybridized carbons (Fsp3) is 0.292. The van der Waals surface area contributed by atoms with Gasteiger partial charge >= 0.3 is 0 Å². The molecule has 0 atom stereocenters. The highest BCUT2D eigenvalue weighted by Crippen LogP contribution is 2.35. The van der Waals surface area contributed by atoms with E-state index in [1.165, 1.54) is 17.8 Å². The Bertz CT molecular complexity index is 1130. The SMILES string of the molecule is CC(=NNC(=O)c1sc2ccccc2c1Cl)c1ccc(NC(=O)C2CCCCC2)cc1. The van der Waals surface area contributed by atoms with Gasteiger partial charge in [0.25, 0.3) is 5.91 Å². The van der Waals surface area contributed by atoms with E-state index in [4.69, 9.17) is 11.6 Å². The molecule has 2 amide bonds. The first-order valence-electron chi connectivity index (χ1n) is 10.5. The number of hydrogen-bond acceptors (Lipinski definition) is 4. The Kier molecular flexibility index (Phi) is 6.68. The summed E-state index contributed by atoms with van der Waals surface area (Å²) in [5.74, 6) is -0.111. The molecule has 0 aliphatic heterocycles. The number of hydrazone groups is 1. The molecule has 7 heteroatoms. The van der Waals surface area contributed by atoms with E-state index in [9.17, 15) is 9.59 Å². The van der Waals surface area contributed by atoms with E-state index in [1.54, 1.807) is 0 Å². The van der Waals surface area contributed by atoms with Crippen molar-refractivity contribution in [2.75, 3.05) is 5.32 Å². The molecule has 2 N–H and O–H groups in total. The molecule has 160 valence electrons. The van der Waals surface area contributed by atoms with Crippen LogP contribution in [-0.4, -0.2) is 17.5 Å². The molecule has 0 bridgehead atoms. The zero-order valence-electron chi connectivity index (χ0n) is 17.3. The maximum Gasteiger partial charge on any atom is 0.283 e. The van der Waals surface area contributed by atoms with Crippen molar-refractivity contribution in [3.63, 3.8) is 0 Å². The van der Waals surface area contributed by atoms with Gasteiger partial charge in [-0.2, -0.15) is 5.10 Å². The second-order valence-corrected chi connectivity index (χ2v) is 9.21. The lowest BCUT2D eigenvalue weighted by Gasteiger charge is -2.20. The van der Waals surface area contributed by atoms with Crippen LogP contribution in [0.4, 0.5) is 5.69 Å². The Balaban J connectivity index is 1.39. The van der Waals surface area contributed by atoms with E-state index in [0.717, 1.165) is 47.0 Å². The van der Waals surface area contributed by atoms with Gasteiger partial charge in [0.05, 0.1) is 10.7 Å². The monoisotopic (exact) mass is 453 g/mol. The van der Waals surface area contributed by atoms with Crippen molar-refractivity contribution >= 4 is 56.2 Å². The Hall–Kier alpha value is -2.70. The third-order valence-electron chi connectivity index (χ3n) is 5.61. The summed E-state index contributed by atoms with van der Waals surface area (Å²) in [6.07, 6.45) is 5.43. The molecule has 1 heterocycles. The van der Waals surface area contributed by atoms with Gasteiger partial charge in [0.2, 0.25) is 5.91 Å². The van der Waals surface area contributed by atoms with Crippen LogP contribution in [0.3, 0.4) is 0 Å². The predicted molar refractivity (Wildman–Crippen MR) is 128 cm³/mol. The number of carbonyl (C=O) groups is 2. The topological polar surface area (TPSA) is 70.6 Å². The quantitative estimate of drug-likeness (QED) is 0.355. The summed E-state index contributed by atoms with van der Waals surface area (Å²) < 4.78 is 0.962. The van der Waals surface area contributed by atoms with Crippen LogP contribution in [0.15, 0.2) is 53.6 Å². The number of thiophene rings is 1. The number of halogens is 1. The molecule has 31 heavy (non-hydrogen) atoms. The summed E-state index contributed by atoms with van der Waals surface area (Å²) in [7, 11) is 0. The van der Waals surface area contributed by atoms with Crippen LogP contribution in [0.2, 0.25) is 5.02 Å². The third-order valence-corrected chi connectivity index (χ3v) is 7.29. The normalized spacial score (nSPS) is 15.1. The Morgan fingerprint density at radius 2 is 1.74 bits per heavy atom. The minimum Gasteiger partial charge on any atom is -0.326 e. The highest BCUT2D eigenvalue weighted by Gasteiger charge is 2.21. The predicted octanol–water partition coefficient (Wildman–Crippen LogP) is 6.23. The minimum atomic E-state index is -0.332. The van der Waals surface area contributed by atoms with Crippen LogP contribution < -0.4 is 10.7 Å². The van der Waals surface area contributed by atoms with E-state index < -0.39 is 0 Å². The van der Waals surface area contributed by atoms with Gasteiger partial charge in [-0.15, -0.1) is 11.3 Å².